The molecular weight excluding hydrogens is 231 g/mol. The number of hydrogen-bond acceptors (Lipinski definition) is 1. The van der Waals surface area contributed by atoms with Gasteiger partial charge in [0.05, 0.1) is 6.42 Å². The predicted molar refractivity (Wildman–Crippen MR) is 60.0 cm³/mol. The highest BCUT2D eigenvalue weighted by Gasteiger charge is 2.06. The maximum absolute atomic E-state index is 13.2. The summed E-state index contributed by atoms with van der Waals surface area (Å²) in [4.78, 5) is 10.5. The van der Waals surface area contributed by atoms with Crippen LogP contribution in [0.5, 0.6) is 0 Å². The summed E-state index contributed by atoms with van der Waals surface area (Å²) in [6.45, 7) is 0. The zero-order valence-corrected chi connectivity index (χ0v) is 9.22. The van der Waals surface area contributed by atoms with E-state index in [-0.39, 0.29) is 12.0 Å². The third-order valence-corrected chi connectivity index (χ3v) is 2.03. The van der Waals surface area contributed by atoms with E-state index in [1.54, 1.807) is 0 Å². The van der Waals surface area contributed by atoms with E-state index in [9.17, 15) is 9.18 Å². The van der Waals surface area contributed by atoms with Crippen LogP contribution in [0.2, 0.25) is 0 Å². The highest BCUT2D eigenvalue weighted by atomic mass is 35.5. The molecule has 1 aromatic carbocycles. The van der Waals surface area contributed by atoms with Crippen molar-refractivity contribution in [1.82, 2.24) is 0 Å². The van der Waals surface area contributed by atoms with Crippen LogP contribution in [0.3, 0.4) is 0 Å². The molecule has 0 aromatic heterocycles. The lowest BCUT2D eigenvalue weighted by Crippen LogP contribution is -2.02. The van der Waals surface area contributed by atoms with Gasteiger partial charge in [0, 0.05) is 23.4 Å². The molecule has 0 heterocycles. The van der Waals surface area contributed by atoms with Crippen molar-refractivity contribution < 1.29 is 14.3 Å². The number of carboxylic acid groups (broad SMARTS) is 1. The van der Waals surface area contributed by atoms with Crippen LogP contribution in [0.1, 0.15) is 17.5 Å². The van der Waals surface area contributed by atoms with E-state index in [0.717, 1.165) is 0 Å². The molecule has 16 heavy (non-hydrogen) atoms. The zero-order valence-electron chi connectivity index (χ0n) is 8.46. The predicted octanol–water partition coefficient (Wildman–Crippen LogP) is 2.43. The molecule has 0 bridgehead atoms. The third kappa shape index (κ3) is 3.92. The highest BCUT2D eigenvalue weighted by Crippen LogP contribution is 2.10. The van der Waals surface area contributed by atoms with Gasteiger partial charge in [-0.25, -0.2) is 4.39 Å². The van der Waals surface area contributed by atoms with Crippen LogP contribution in [0.25, 0.3) is 0 Å². The minimum absolute atomic E-state index is 0.144. The van der Waals surface area contributed by atoms with Crippen molar-refractivity contribution in [3.63, 3.8) is 0 Å². The normalized spacial score (nSPS) is 9.38. The smallest absolute Gasteiger partial charge is 0.307 e. The Morgan fingerprint density at radius 3 is 2.88 bits per heavy atom. The number of carbonyl (C=O) groups is 1. The van der Waals surface area contributed by atoms with Gasteiger partial charge >= 0.3 is 5.97 Å². The minimum atomic E-state index is -1.07. The highest BCUT2D eigenvalue weighted by molar-refractivity contribution is 6.18. The Labute approximate surface area is 98.0 Å². The molecule has 0 amide bonds. The molecule has 0 saturated heterocycles. The second-order valence-corrected chi connectivity index (χ2v) is 3.50. The summed E-state index contributed by atoms with van der Waals surface area (Å²) in [5.41, 5.74) is 0.743. The van der Waals surface area contributed by atoms with Crippen molar-refractivity contribution in [2.45, 2.75) is 12.8 Å². The Hall–Kier alpha value is -1.53. The Morgan fingerprint density at radius 1 is 1.50 bits per heavy atom. The SMILES string of the molecule is O=C(O)Cc1cc(C#CCCCl)ccc1F. The molecule has 0 fully saturated rings. The Kier molecular flexibility index (Phi) is 4.81. The summed E-state index contributed by atoms with van der Waals surface area (Å²) in [5.74, 6) is 4.44. The largest absolute Gasteiger partial charge is 0.481 e. The molecule has 0 aliphatic heterocycles. The first-order valence-corrected chi connectivity index (χ1v) is 5.22. The van der Waals surface area contributed by atoms with Gasteiger partial charge in [-0.15, -0.1) is 11.6 Å². The van der Waals surface area contributed by atoms with Crippen molar-refractivity contribution in [3.05, 3.63) is 35.1 Å². The number of alkyl halides is 1. The van der Waals surface area contributed by atoms with Gasteiger partial charge < -0.3 is 5.11 Å². The third-order valence-electron chi connectivity index (χ3n) is 1.84. The van der Waals surface area contributed by atoms with Gasteiger partial charge in [0.1, 0.15) is 5.82 Å². The van der Waals surface area contributed by atoms with Gasteiger partial charge in [-0.1, -0.05) is 11.8 Å². The van der Waals surface area contributed by atoms with Gasteiger partial charge in [-0.3, -0.25) is 4.79 Å². The van der Waals surface area contributed by atoms with Gasteiger partial charge in [0.25, 0.3) is 0 Å². The van der Waals surface area contributed by atoms with Crippen LogP contribution in [0, 0.1) is 17.7 Å². The van der Waals surface area contributed by atoms with E-state index in [0.29, 0.717) is 17.9 Å². The number of aliphatic carboxylic acids is 1. The van der Waals surface area contributed by atoms with E-state index in [1.165, 1.54) is 18.2 Å². The number of rotatable bonds is 3. The number of halogens is 2. The Morgan fingerprint density at radius 2 is 2.25 bits per heavy atom. The average Bonchev–Trinajstić information content (AvgIpc) is 2.22. The van der Waals surface area contributed by atoms with Crippen molar-refractivity contribution in [2.75, 3.05) is 5.88 Å². The first-order valence-electron chi connectivity index (χ1n) is 4.68. The van der Waals surface area contributed by atoms with Crippen LogP contribution in [0.4, 0.5) is 4.39 Å². The molecule has 1 rings (SSSR count). The lowest BCUT2D eigenvalue weighted by atomic mass is 10.1. The van der Waals surface area contributed by atoms with E-state index >= 15 is 0 Å². The fourth-order valence-corrected chi connectivity index (χ4v) is 1.26. The van der Waals surface area contributed by atoms with E-state index in [2.05, 4.69) is 11.8 Å². The molecule has 0 unspecified atom stereocenters. The van der Waals surface area contributed by atoms with Crippen molar-refractivity contribution in [1.29, 1.82) is 0 Å². The lowest BCUT2D eigenvalue weighted by Gasteiger charge is -2.00. The molecule has 0 spiro atoms. The standard InChI is InChI=1S/C12H10ClFO2/c13-6-2-1-3-9-4-5-11(14)10(7-9)8-12(15)16/h4-5,7H,2,6,8H2,(H,15,16). The van der Waals surface area contributed by atoms with Gasteiger partial charge in [-0.2, -0.15) is 0 Å². The van der Waals surface area contributed by atoms with Crippen molar-refractivity contribution in [2.24, 2.45) is 0 Å². The fourth-order valence-electron chi connectivity index (χ4n) is 1.16. The Balaban J connectivity index is 2.90. The van der Waals surface area contributed by atoms with Gasteiger partial charge in [0.15, 0.2) is 0 Å². The van der Waals surface area contributed by atoms with E-state index < -0.39 is 11.8 Å². The zero-order chi connectivity index (χ0) is 12.0. The second kappa shape index (κ2) is 6.14. The molecule has 0 radical (unpaired) electrons. The first kappa shape index (κ1) is 12.5. The summed E-state index contributed by atoms with van der Waals surface area (Å²) in [7, 11) is 0. The number of carboxylic acids is 1. The molecule has 0 atom stereocenters. The molecule has 84 valence electrons. The first-order chi connectivity index (χ1) is 7.63. The van der Waals surface area contributed by atoms with Crippen LogP contribution in [-0.2, 0) is 11.2 Å². The topological polar surface area (TPSA) is 37.3 Å². The maximum atomic E-state index is 13.2. The minimum Gasteiger partial charge on any atom is -0.481 e. The summed E-state index contributed by atoms with van der Waals surface area (Å²) in [6, 6.07) is 4.19. The van der Waals surface area contributed by atoms with Gasteiger partial charge in [0.2, 0.25) is 0 Å². The van der Waals surface area contributed by atoms with Crippen molar-refractivity contribution in [3.8, 4) is 11.8 Å². The molecule has 1 N–H and O–H groups in total. The summed E-state index contributed by atoms with van der Waals surface area (Å²) in [5, 5.41) is 8.58. The lowest BCUT2D eigenvalue weighted by molar-refractivity contribution is -0.136. The molecule has 2 nitrogen and oxygen atoms in total. The summed E-state index contributed by atoms with van der Waals surface area (Å²) < 4.78 is 13.2. The number of hydrogen-bond donors (Lipinski definition) is 1. The monoisotopic (exact) mass is 240 g/mol. The maximum Gasteiger partial charge on any atom is 0.307 e. The molecule has 0 saturated carbocycles. The fraction of sp³-hybridized carbons (Fsp3) is 0.250. The van der Waals surface area contributed by atoms with E-state index in [4.69, 9.17) is 16.7 Å². The van der Waals surface area contributed by atoms with Crippen LogP contribution in [0.15, 0.2) is 18.2 Å². The Bertz CT molecular complexity index is 446. The quantitative estimate of drug-likeness (QED) is 0.651. The van der Waals surface area contributed by atoms with Crippen LogP contribution in [-0.4, -0.2) is 17.0 Å². The van der Waals surface area contributed by atoms with E-state index in [1.807, 2.05) is 0 Å². The molecule has 0 aliphatic rings. The van der Waals surface area contributed by atoms with Crippen LogP contribution < -0.4 is 0 Å². The summed E-state index contributed by atoms with van der Waals surface area (Å²) in [6.07, 6.45) is 0.212. The molecule has 0 aliphatic carbocycles. The summed E-state index contributed by atoms with van der Waals surface area (Å²) >= 11 is 5.45. The van der Waals surface area contributed by atoms with Gasteiger partial charge in [-0.05, 0) is 18.2 Å². The molecular formula is C12H10ClFO2. The second-order valence-electron chi connectivity index (χ2n) is 3.12. The van der Waals surface area contributed by atoms with Crippen LogP contribution >= 0.6 is 11.6 Å². The van der Waals surface area contributed by atoms with Crippen molar-refractivity contribution >= 4 is 17.6 Å². The molecule has 4 heteroatoms. The number of benzene rings is 1. The average molecular weight is 241 g/mol. The molecule has 1 aromatic rings.